The number of carbonyl (C=O) groups is 1. The predicted molar refractivity (Wildman–Crippen MR) is 63.1 cm³/mol. The van der Waals surface area contributed by atoms with Crippen molar-refractivity contribution in [2.75, 3.05) is 13.1 Å². The minimum absolute atomic E-state index is 0.00806. The maximum atomic E-state index is 13.5. The molecule has 0 saturated carbocycles. The van der Waals surface area contributed by atoms with Crippen LogP contribution in [0.3, 0.4) is 0 Å². The van der Waals surface area contributed by atoms with Crippen LogP contribution < -0.4 is 0 Å². The number of halogens is 5. The Hall–Kier alpha value is -1.15. The molecule has 19 heavy (non-hydrogen) atoms. The summed E-state index contributed by atoms with van der Waals surface area (Å²) < 4.78 is 50.8. The summed E-state index contributed by atoms with van der Waals surface area (Å²) in [4.78, 5) is 11.1. The summed E-state index contributed by atoms with van der Waals surface area (Å²) in [7, 11) is 0. The summed E-state index contributed by atoms with van der Waals surface area (Å²) in [5, 5.41) is 8.56. The van der Waals surface area contributed by atoms with Crippen molar-refractivity contribution < 1.29 is 27.5 Å². The van der Waals surface area contributed by atoms with E-state index in [0.717, 1.165) is 6.07 Å². The molecular formula is C11H10BrF4NO2. The summed E-state index contributed by atoms with van der Waals surface area (Å²) in [6.07, 6.45) is -4.54. The van der Waals surface area contributed by atoms with E-state index in [1.165, 1.54) is 12.1 Å². The van der Waals surface area contributed by atoms with Crippen LogP contribution in [0.25, 0.3) is 0 Å². The highest BCUT2D eigenvalue weighted by molar-refractivity contribution is 9.10. The number of hydrogen-bond donors (Lipinski definition) is 1. The van der Waals surface area contributed by atoms with E-state index in [1.807, 2.05) is 0 Å². The zero-order valence-electron chi connectivity index (χ0n) is 9.55. The molecule has 0 fully saturated rings. The fourth-order valence-corrected chi connectivity index (χ4v) is 1.84. The molecule has 0 aliphatic carbocycles. The van der Waals surface area contributed by atoms with Crippen LogP contribution >= 0.6 is 15.9 Å². The Morgan fingerprint density at radius 1 is 1.37 bits per heavy atom. The maximum absolute atomic E-state index is 13.5. The average molecular weight is 344 g/mol. The van der Waals surface area contributed by atoms with Crippen LogP contribution in [0.5, 0.6) is 0 Å². The lowest BCUT2D eigenvalue weighted by atomic mass is 10.2. The molecule has 0 spiro atoms. The molecule has 1 rings (SSSR count). The van der Waals surface area contributed by atoms with Crippen molar-refractivity contribution in [3.63, 3.8) is 0 Å². The van der Waals surface area contributed by atoms with Gasteiger partial charge in [-0.2, -0.15) is 13.2 Å². The molecule has 0 bridgehead atoms. The van der Waals surface area contributed by atoms with Crippen molar-refractivity contribution in [1.29, 1.82) is 0 Å². The molecule has 106 valence electrons. The van der Waals surface area contributed by atoms with Gasteiger partial charge in [0.1, 0.15) is 5.82 Å². The first-order valence-corrected chi connectivity index (χ1v) is 5.91. The van der Waals surface area contributed by atoms with Crippen LogP contribution in [0.1, 0.15) is 5.56 Å². The Bertz CT molecular complexity index is 464. The van der Waals surface area contributed by atoms with Gasteiger partial charge >= 0.3 is 12.1 Å². The highest BCUT2D eigenvalue weighted by Gasteiger charge is 2.31. The molecule has 1 N–H and O–H groups in total. The third-order valence-corrected chi connectivity index (χ3v) is 2.66. The lowest BCUT2D eigenvalue weighted by molar-refractivity contribution is -0.154. The number of hydrogen-bond acceptors (Lipinski definition) is 2. The van der Waals surface area contributed by atoms with Crippen LogP contribution in [-0.2, 0) is 11.3 Å². The van der Waals surface area contributed by atoms with Gasteiger partial charge in [0.05, 0.1) is 13.1 Å². The molecule has 0 aromatic heterocycles. The largest absolute Gasteiger partial charge is 0.480 e. The van der Waals surface area contributed by atoms with Gasteiger partial charge in [-0.3, -0.25) is 9.69 Å². The van der Waals surface area contributed by atoms with Crippen molar-refractivity contribution >= 4 is 21.9 Å². The first-order valence-electron chi connectivity index (χ1n) is 5.12. The smallest absolute Gasteiger partial charge is 0.401 e. The number of aliphatic carboxylic acids is 1. The molecule has 0 radical (unpaired) electrons. The quantitative estimate of drug-likeness (QED) is 0.835. The second kappa shape index (κ2) is 6.33. The van der Waals surface area contributed by atoms with E-state index in [1.54, 1.807) is 0 Å². The topological polar surface area (TPSA) is 40.5 Å². The number of nitrogens with zero attached hydrogens (tertiary/aromatic N) is 1. The molecular weight excluding hydrogens is 334 g/mol. The van der Waals surface area contributed by atoms with Gasteiger partial charge in [0, 0.05) is 16.6 Å². The molecule has 8 heteroatoms. The van der Waals surface area contributed by atoms with Crippen molar-refractivity contribution in [3.05, 3.63) is 34.1 Å². The second-order valence-corrected chi connectivity index (χ2v) is 4.81. The van der Waals surface area contributed by atoms with E-state index >= 15 is 0 Å². The van der Waals surface area contributed by atoms with Crippen molar-refractivity contribution in [3.8, 4) is 0 Å². The number of alkyl halides is 3. The first kappa shape index (κ1) is 15.9. The molecule has 0 aliphatic heterocycles. The highest BCUT2D eigenvalue weighted by Crippen LogP contribution is 2.20. The lowest BCUT2D eigenvalue weighted by Crippen LogP contribution is -2.37. The zero-order valence-corrected chi connectivity index (χ0v) is 11.1. The van der Waals surface area contributed by atoms with E-state index in [4.69, 9.17) is 5.11 Å². The minimum Gasteiger partial charge on any atom is -0.480 e. The monoisotopic (exact) mass is 343 g/mol. The second-order valence-electron chi connectivity index (χ2n) is 3.89. The third kappa shape index (κ3) is 6.02. The van der Waals surface area contributed by atoms with E-state index in [0.29, 0.717) is 9.37 Å². The lowest BCUT2D eigenvalue weighted by Gasteiger charge is -2.22. The van der Waals surface area contributed by atoms with Crippen molar-refractivity contribution in [2.45, 2.75) is 12.7 Å². The Morgan fingerprint density at radius 2 is 2.00 bits per heavy atom. The molecule has 0 saturated heterocycles. The van der Waals surface area contributed by atoms with Gasteiger partial charge in [-0.15, -0.1) is 0 Å². The van der Waals surface area contributed by atoms with Gasteiger partial charge in [-0.05, 0) is 12.1 Å². The number of carboxylic acids is 1. The summed E-state index contributed by atoms with van der Waals surface area (Å²) in [5.74, 6) is -2.09. The van der Waals surface area contributed by atoms with Gasteiger partial charge in [-0.1, -0.05) is 22.0 Å². The number of rotatable bonds is 5. The average Bonchev–Trinajstić information content (AvgIpc) is 2.18. The minimum atomic E-state index is -4.54. The fraction of sp³-hybridized carbons (Fsp3) is 0.364. The molecule has 0 aliphatic rings. The highest BCUT2D eigenvalue weighted by atomic mass is 79.9. The van der Waals surface area contributed by atoms with E-state index < -0.39 is 37.6 Å². The molecule has 1 aromatic rings. The number of benzene rings is 1. The molecule has 0 heterocycles. The van der Waals surface area contributed by atoms with Crippen LogP contribution in [0.15, 0.2) is 22.7 Å². The summed E-state index contributed by atoms with van der Waals surface area (Å²) >= 11 is 3.02. The molecule has 0 atom stereocenters. The predicted octanol–water partition coefficient (Wildman–Crippen LogP) is 3.04. The zero-order chi connectivity index (χ0) is 14.6. The fourth-order valence-electron chi connectivity index (χ4n) is 1.50. The normalized spacial score (nSPS) is 11.9. The standard InChI is InChI=1S/C11H10BrF4NO2/c12-8-2-1-7(9(13)3-8)4-17(5-10(18)19)6-11(14,15)16/h1-3H,4-6H2,(H,18,19). The third-order valence-electron chi connectivity index (χ3n) is 2.17. The van der Waals surface area contributed by atoms with Gasteiger partial charge in [0.25, 0.3) is 0 Å². The van der Waals surface area contributed by atoms with Crippen LogP contribution in [-0.4, -0.2) is 35.2 Å². The van der Waals surface area contributed by atoms with E-state index in [2.05, 4.69) is 15.9 Å². The summed E-state index contributed by atoms with van der Waals surface area (Å²) in [5.41, 5.74) is 0.00806. The van der Waals surface area contributed by atoms with Gasteiger partial charge in [0.15, 0.2) is 0 Å². The van der Waals surface area contributed by atoms with Crippen molar-refractivity contribution in [1.82, 2.24) is 4.90 Å². The van der Waals surface area contributed by atoms with Crippen LogP contribution in [0.2, 0.25) is 0 Å². The summed E-state index contributed by atoms with van der Waals surface area (Å²) in [6.45, 7) is -2.64. The summed E-state index contributed by atoms with van der Waals surface area (Å²) in [6, 6.07) is 3.90. The Balaban J connectivity index is 2.84. The Morgan fingerprint density at radius 3 is 2.47 bits per heavy atom. The van der Waals surface area contributed by atoms with Crippen LogP contribution in [0.4, 0.5) is 17.6 Å². The molecule has 1 aromatic carbocycles. The first-order chi connectivity index (χ1) is 8.67. The molecule has 3 nitrogen and oxygen atoms in total. The SMILES string of the molecule is O=C(O)CN(Cc1ccc(Br)cc1F)CC(F)(F)F. The maximum Gasteiger partial charge on any atom is 0.401 e. The van der Waals surface area contributed by atoms with Crippen LogP contribution in [0, 0.1) is 5.82 Å². The Labute approximate surface area is 115 Å². The van der Waals surface area contributed by atoms with E-state index in [9.17, 15) is 22.4 Å². The van der Waals surface area contributed by atoms with Gasteiger partial charge in [-0.25, -0.2) is 4.39 Å². The molecule has 0 unspecified atom stereocenters. The number of carboxylic acid groups (broad SMARTS) is 1. The van der Waals surface area contributed by atoms with E-state index in [-0.39, 0.29) is 5.56 Å². The van der Waals surface area contributed by atoms with Crippen molar-refractivity contribution in [2.24, 2.45) is 0 Å². The Kier molecular flexibility index (Phi) is 5.30. The van der Waals surface area contributed by atoms with Gasteiger partial charge in [0.2, 0.25) is 0 Å². The molecule has 0 amide bonds. The van der Waals surface area contributed by atoms with Gasteiger partial charge < -0.3 is 5.11 Å².